The molecular formula is C51H53BrF2N7O10PS. The number of carbonyl (C=O) groups is 7. The first-order chi connectivity index (χ1) is 34.8. The summed E-state index contributed by atoms with van der Waals surface area (Å²) in [4.78, 5) is 122. The Kier molecular flexibility index (Phi) is 15.1. The van der Waals surface area contributed by atoms with Crippen LogP contribution in [0.3, 0.4) is 0 Å². The lowest BCUT2D eigenvalue weighted by atomic mass is 9.96. The summed E-state index contributed by atoms with van der Waals surface area (Å²) in [6.45, 7) is 4.40. The number of halogens is 3. The van der Waals surface area contributed by atoms with Gasteiger partial charge in [0.2, 0.25) is 29.5 Å². The molecule has 7 amide bonds. The number of nitrogens with zero attached hydrogens (tertiary/aromatic N) is 5. The van der Waals surface area contributed by atoms with Crippen LogP contribution in [0.4, 0.5) is 14.5 Å². The molecule has 6 heterocycles. The second-order valence-corrected chi connectivity index (χ2v) is 22.7. The lowest BCUT2D eigenvalue weighted by Gasteiger charge is -2.39. The van der Waals surface area contributed by atoms with Crippen molar-refractivity contribution in [2.75, 3.05) is 44.2 Å². The maximum atomic E-state index is 14.9. The van der Waals surface area contributed by atoms with Crippen LogP contribution in [0.1, 0.15) is 95.0 Å². The van der Waals surface area contributed by atoms with E-state index in [1.54, 1.807) is 51.1 Å². The molecule has 4 N–H and O–H groups in total. The van der Waals surface area contributed by atoms with Crippen molar-refractivity contribution in [3.05, 3.63) is 98.3 Å². The van der Waals surface area contributed by atoms with Crippen molar-refractivity contribution >= 4 is 92.0 Å². The molecule has 4 aromatic rings. The molecule has 4 saturated heterocycles. The summed E-state index contributed by atoms with van der Waals surface area (Å²) in [7, 11) is -5.84. The highest BCUT2D eigenvalue weighted by Gasteiger charge is 2.51. The van der Waals surface area contributed by atoms with Gasteiger partial charge >= 0.3 is 13.3 Å². The van der Waals surface area contributed by atoms with Crippen LogP contribution in [0, 0.1) is 17.8 Å². The molecule has 3 aromatic carbocycles. The number of hydrogen-bond acceptors (Lipinski definition) is 10. The van der Waals surface area contributed by atoms with Crippen LogP contribution in [0.2, 0.25) is 0 Å². The molecule has 22 heteroatoms. The summed E-state index contributed by atoms with van der Waals surface area (Å²) < 4.78 is 41.9. The van der Waals surface area contributed by atoms with Crippen LogP contribution in [-0.2, 0) is 40.7 Å². The fourth-order valence-electron chi connectivity index (χ4n) is 10.5. The van der Waals surface area contributed by atoms with Gasteiger partial charge in [-0.15, -0.1) is 11.3 Å². The van der Waals surface area contributed by atoms with Crippen LogP contribution in [-0.4, -0.2) is 134 Å². The highest BCUT2D eigenvalue weighted by molar-refractivity contribution is 9.10. The highest BCUT2D eigenvalue weighted by Crippen LogP contribution is 2.59. The van der Waals surface area contributed by atoms with Gasteiger partial charge in [-0.3, -0.25) is 43.4 Å². The molecule has 73 heavy (non-hydrogen) atoms. The Morgan fingerprint density at radius 3 is 2.42 bits per heavy atom. The Bertz CT molecular complexity index is 3010. The number of benzene rings is 3. The van der Waals surface area contributed by atoms with E-state index in [1.807, 2.05) is 17.9 Å². The summed E-state index contributed by atoms with van der Waals surface area (Å²) in [6.07, 6.45) is 3.14. The number of anilines is 1. The number of rotatable bonds is 11. The third-order valence-corrected chi connectivity index (χ3v) is 17.2. The zero-order valence-corrected chi connectivity index (χ0v) is 43.0. The molecule has 4 atom stereocenters. The van der Waals surface area contributed by atoms with Crippen molar-refractivity contribution in [2.45, 2.75) is 94.7 Å². The summed E-state index contributed by atoms with van der Waals surface area (Å²) in [6, 6.07) is 13.8. The zero-order valence-electron chi connectivity index (χ0n) is 39.7. The van der Waals surface area contributed by atoms with E-state index in [9.17, 15) is 56.7 Å². The minimum Gasteiger partial charge on any atom is -0.343 e. The fourth-order valence-corrected chi connectivity index (χ4v) is 12.2. The standard InChI is InChI=1S/C51H53BrF2N7O10PS/c1-2-57-22-20-36-13-14-41(61(36)49(67)39(29-57)55-47(65)43-27-32-26-33(8-16-42(32)73-43)51(53,54)72(69,70)71)50(68)59(35-11-9-34(52)10-12-35)25-21-45(63)58-23-18-30(19-24-58)6-7-31-4-3-5-37-38(31)28-60(48(37)66)40-15-17-44(62)56-46(40)64/h3-5,8-12,16,26-27,30,36,39-41H,2,13-15,17-25,28-29H2,1H3,(H,55,65)(H,56,62,64)(H2,69,70,71)/t36-,39+,40?,41+/m1/s1. The summed E-state index contributed by atoms with van der Waals surface area (Å²) in [5.41, 5.74) is -2.88. The van der Waals surface area contributed by atoms with Crippen molar-refractivity contribution in [1.82, 2.24) is 30.2 Å². The van der Waals surface area contributed by atoms with E-state index in [2.05, 4.69) is 38.4 Å². The van der Waals surface area contributed by atoms with Gasteiger partial charge in [-0.05, 0) is 111 Å². The smallest absolute Gasteiger partial charge is 0.343 e. The maximum Gasteiger partial charge on any atom is 0.399 e. The van der Waals surface area contributed by atoms with Gasteiger partial charge in [0.05, 0.1) is 4.88 Å². The first kappa shape index (κ1) is 52.0. The fraction of sp³-hybridized carbons (Fsp3) is 0.431. The molecule has 0 radical (unpaired) electrons. The van der Waals surface area contributed by atoms with E-state index in [4.69, 9.17) is 0 Å². The topological polar surface area (TPSA) is 217 Å². The monoisotopic (exact) mass is 1100 g/mol. The average molecular weight is 1100 g/mol. The quantitative estimate of drug-likeness (QED) is 0.0830. The lowest BCUT2D eigenvalue weighted by molar-refractivity contribution is -0.142. The van der Waals surface area contributed by atoms with Gasteiger partial charge in [0.15, 0.2) is 0 Å². The van der Waals surface area contributed by atoms with Crippen molar-refractivity contribution in [3.8, 4) is 11.8 Å². The normalized spacial score (nSPS) is 22.0. The van der Waals surface area contributed by atoms with Crippen LogP contribution < -0.4 is 15.5 Å². The summed E-state index contributed by atoms with van der Waals surface area (Å²) in [5.74, 6) is 3.88. The molecular weight excluding hydrogens is 1050 g/mol. The molecule has 0 bridgehead atoms. The van der Waals surface area contributed by atoms with Crippen LogP contribution in [0.5, 0.6) is 0 Å². The van der Waals surface area contributed by atoms with E-state index < -0.39 is 54.7 Å². The van der Waals surface area contributed by atoms with Gasteiger partial charge in [-0.25, -0.2) is 0 Å². The van der Waals surface area contributed by atoms with E-state index in [0.717, 1.165) is 33.5 Å². The Morgan fingerprint density at radius 2 is 1.71 bits per heavy atom. The minimum absolute atomic E-state index is 0.00780. The Hall–Kier alpha value is -5.88. The molecule has 1 aromatic heterocycles. The number of nitrogens with one attached hydrogen (secondary N) is 2. The van der Waals surface area contributed by atoms with Gasteiger partial charge in [0.1, 0.15) is 18.1 Å². The SMILES string of the molecule is CCN1CC[C@H]2CC[C@@H](C(=O)N(CCC(=O)N3CCC(C#Cc4cccc5c4CN(C4CCC(=O)NC4=O)C5=O)CC3)c3ccc(Br)cc3)N2C(=O)[C@@H](NC(=O)c2cc3cc(C(F)(F)P(=O)(O)O)ccc3s2)C1. The molecule has 4 fully saturated rings. The third-order valence-electron chi connectivity index (χ3n) is 14.6. The number of likely N-dealkylation sites (N-methyl/N-ethyl adjacent to an activating group) is 1. The Morgan fingerprint density at radius 1 is 0.959 bits per heavy atom. The predicted octanol–water partition coefficient (Wildman–Crippen LogP) is 5.55. The molecule has 9 rings (SSSR count). The molecule has 5 aliphatic rings. The molecule has 5 aliphatic heterocycles. The number of piperidine rings is 2. The lowest BCUT2D eigenvalue weighted by Crippen LogP contribution is -2.61. The van der Waals surface area contributed by atoms with Crippen LogP contribution in [0.25, 0.3) is 10.1 Å². The van der Waals surface area contributed by atoms with Gasteiger partial charge in [0.25, 0.3) is 11.8 Å². The summed E-state index contributed by atoms with van der Waals surface area (Å²) >= 11 is 4.44. The molecule has 0 aliphatic carbocycles. The van der Waals surface area contributed by atoms with Crippen LogP contribution in [0.15, 0.2) is 71.2 Å². The third kappa shape index (κ3) is 10.7. The van der Waals surface area contributed by atoms with Crippen molar-refractivity contribution < 1.29 is 56.7 Å². The average Bonchev–Trinajstić information content (AvgIpc) is 4.09. The number of likely N-dealkylation sites (tertiary alicyclic amines) is 1. The minimum atomic E-state index is -5.84. The van der Waals surface area contributed by atoms with Gasteiger partial charge in [-0.2, -0.15) is 8.78 Å². The largest absolute Gasteiger partial charge is 0.399 e. The maximum absolute atomic E-state index is 14.9. The molecule has 0 spiro atoms. The summed E-state index contributed by atoms with van der Waals surface area (Å²) in [5, 5.41) is 5.35. The van der Waals surface area contributed by atoms with E-state index in [0.29, 0.717) is 79.8 Å². The molecule has 0 saturated carbocycles. The van der Waals surface area contributed by atoms with Crippen molar-refractivity contribution in [3.63, 3.8) is 0 Å². The molecule has 1 unspecified atom stereocenters. The van der Waals surface area contributed by atoms with Crippen LogP contribution >= 0.6 is 34.9 Å². The first-order valence-corrected chi connectivity index (χ1v) is 27.5. The number of imide groups is 1. The zero-order chi connectivity index (χ0) is 51.9. The van der Waals surface area contributed by atoms with Crippen molar-refractivity contribution in [2.24, 2.45) is 5.92 Å². The predicted molar refractivity (Wildman–Crippen MR) is 269 cm³/mol. The Balaban J connectivity index is 0.859. The number of thiophene rings is 1. The van der Waals surface area contributed by atoms with Gasteiger partial charge in [-0.1, -0.05) is 46.8 Å². The van der Waals surface area contributed by atoms with E-state index >= 15 is 0 Å². The molecule has 17 nitrogen and oxygen atoms in total. The first-order valence-electron chi connectivity index (χ1n) is 24.3. The van der Waals surface area contributed by atoms with Gasteiger partial charge < -0.3 is 39.6 Å². The highest BCUT2D eigenvalue weighted by atomic mass is 79.9. The number of carbonyl (C=O) groups excluding carboxylic acids is 7. The van der Waals surface area contributed by atoms with E-state index in [-0.39, 0.29) is 84.7 Å². The Labute approximate surface area is 431 Å². The number of fused-ring (bicyclic) bond motifs is 3. The number of alkyl halides is 2. The number of amides is 7. The molecule has 384 valence electrons. The van der Waals surface area contributed by atoms with Gasteiger partial charge in [0, 0.05) is 95.6 Å². The van der Waals surface area contributed by atoms with E-state index in [1.165, 1.54) is 17.0 Å². The van der Waals surface area contributed by atoms with Crippen molar-refractivity contribution in [1.29, 1.82) is 0 Å². The number of hydrogen-bond donors (Lipinski definition) is 4. The second-order valence-electron chi connectivity index (χ2n) is 19.0. The second kappa shape index (κ2) is 21.2.